The van der Waals surface area contributed by atoms with Gasteiger partial charge in [-0.3, -0.25) is 9.78 Å². The van der Waals surface area contributed by atoms with Crippen LogP contribution >= 0.6 is 11.6 Å². The average Bonchev–Trinajstić information content (AvgIpc) is 2.40. The third kappa shape index (κ3) is 3.15. The van der Waals surface area contributed by atoms with Gasteiger partial charge in [-0.2, -0.15) is 5.10 Å². The number of rotatable bonds is 3. The number of amides is 1. The summed E-state index contributed by atoms with van der Waals surface area (Å²) in [5, 5.41) is 4.25. The van der Waals surface area contributed by atoms with Gasteiger partial charge in [0.05, 0.1) is 16.8 Å². The maximum Gasteiger partial charge on any atom is 0.272 e. The molecule has 1 aromatic carbocycles. The van der Waals surface area contributed by atoms with Crippen molar-refractivity contribution in [3.8, 4) is 0 Å². The summed E-state index contributed by atoms with van der Waals surface area (Å²) in [6, 6.07) is 10.4. The fraction of sp³-hybridized carbons (Fsp3) is 0. The number of nitrogens with one attached hydrogen (secondary N) is 1. The Kier molecular flexibility index (Phi) is 4.04. The Hall–Kier alpha value is -2.20. The van der Waals surface area contributed by atoms with E-state index in [4.69, 9.17) is 11.6 Å². The lowest BCUT2D eigenvalue weighted by atomic mass is 10.2. The van der Waals surface area contributed by atoms with E-state index in [1.165, 1.54) is 6.21 Å². The van der Waals surface area contributed by atoms with Crippen molar-refractivity contribution in [3.63, 3.8) is 0 Å². The summed E-state index contributed by atoms with van der Waals surface area (Å²) in [6.07, 6.45) is 4.84. The van der Waals surface area contributed by atoms with Crippen molar-refractivity contribution in [1.82, 2.24) is 10.4 Å². The largest absolute Gasteiger partial charge is 0.272 e. The van der Waals surface area contributed by atoms with E-state index < -0.39 is 0 Å². The lowest BCUT2D eigenvalue weighted by molar-refractivity contribution is 0.0955. The van der Waals surface area contributed by atoms with Gasteiger partial charge in [0.1, 0.15) is 0 Å². The Morgan fingerprint density at radius 1 is 1.22 bits per heavy atom. The molecule has 18 heavy (non-hydrogen) atoms. The van der Waals surface area contributed by atoms with E-state index in [0.29, 0.717) is 10.6 Å². The van der Waals surface area contributed by atoms with Gasteiger partial charge in [-0.15, -0.1) is 0 Å². The van der Waals surface area contributed by atoms with Crippen molar-refractivity contribution in [3.05, 3.63) is 64.9 Å². The predicted octanol–water partition coefficient (Wildman–Crippen LogP) is 2.50. The van der Waals surface area contributed by atoms with E-state index >= 15 is 0 Å². The van der Waals surface area contributed by atoms with Crippen LogP contribution in [0.5, 0.6) is 0 Å². The van der Waals surface area contributed by atoms with Crippen molar-refractivity contribution in [1.29, 1.82) is 0 Å². The number of pyridine rings is 1. The summed E-state index contributed by atoms with van der Waals surface area (Å²) in [6.45, 7) is 0. The normalized spacial score (nSPS) is 10.5. The molecule has 0 spiro atoms. The molecule has 0 aliphatic carbocycles. The number of hydrogen-bond donors (Lipinski definition) is 1. The molecule has 2 rings (SSSR count). The molecule has 1 amide bonds. The number of aromatic nitrogens is 1. The Bertz CT molecular complexity index is 569. The molecule has 0 unspecified atom stereocenters. The highest BCUT2D eigenvalue weighted by Gasteiger charge is 2.07. The number of hydrogen-bond acceptors (Lipinski definition) is 3. The molecule has 4 nitrogen and oxygen atoms in total. The highest BCUT2D eigenvalue weighted by molar-refractivity contribution is 6.33. The quantitative estimate of drug-likeness (QED) is 0.680. The molecule has 0 atom stereocenters. The van der Waals surface area contributed by atoms with Crippen LogP contribution in [0.25, 0.3) is 0 Å². The number of benzene rings is 1. The number of nitrogens with zero attached hydrogens (tertiary/aromatic N) is 2. The summed E-state index contributed by atoms with van der Waals surface area (Å²) < 4.78 is 0. The lowest BCUT2D eigenvalue weighted by Gasteiger charge is -2.01. The molecule has 0 saturated heterocycles. The fourth-order valence-corrected chi connectivity index (χ4v) is 1.54. The van der Waals surface area contributed by atoms with Gasteiger partial charge in [0.2, 0.25) is 0 Å². The standard InChI is InChI=1S/C13H10ClN3O/c14-12-4-2-1-3-11(12)13(18)17-16-9-10-5-7-15-8-6-10/h1-9H,(H,17,18). The summed E-state index contributed by atoms with van der Waals surface area (Å²) >= 11 is 5.89. The Labute approximate surface area is 109 Å². The molecule has 1 aromatic heterocycles. The van der Waals surface area contributed by atoms with E-state index in [0.717, 1.165) is 5.56 Å². The van der Waals surface area contributed by atoms with Crippen LogP contribution in [0.4, 0.5) is 0 Å². The van der Waals surface area contributed by atoms with Crippen LogP contribution in [0.2, 0.25) is 5.02 Å². The first-order valence-electron chi connectivity index (χ1n) is 5.25. The molecule has 0 aliphatic heterocycles. The van der Waals surface area contributed by atoms with Crippen LogP contribution in [0.3, 0.4) is 0 Å². The van der Waals surface area contributed by atoms with Gasteiger partial charge in [0.15, 0.2) is 0 Å². The molecule has 1 N–H and O–H groups in total. The summed E-state index contributed by atoms with van der Waals surface area (Å²) in [4.78, 5) is 15.6. The molecule has 0 saturated carbocycles. The van der Waals surface area contributed by atoms with Crippen molar-refractivity contribution >= 4 is 23.7 Å². The fourth-order valence-electron chi connectivity index (χ4n) is 1.32. The second-order valence-corrected chi connectivity index (χ2v) is 3.87. The summed E-state index contributed by atoms with van der Waals surface area (Å²) in [7, 11) is 0. The van der Waals surface area contributed by atoms with Crippen molar-refractivity contribution < 1.29 is 4.79 Å². The Morgan fingerprint density at radius 2 is 1.94 bits per heavy atom. The maximum atomic E-state index is 11.7. The monoisotopic (exact) mass is 259 g/mol. The summed E-state index contributed by atoms with van der Waals surface area (Å²) in [5.41, 5.74) is 3.66. The Morgan fingerprint density at radius 3 is 2.67 bits per heavy atom. The highest BCUT2D eigenvalue weighted by atomic mass is 35.5. The SMILES string of the molecule is O=C(NN=Cc1ccncc1)c1ccccc1Cl. The van der Waals surface area contributed by atoms with Crippen LogP contribution in [0.1, 0.15) is 15.9 Å². The van der Waals surface area contributed by atoms with Crippen LogP contribution < -0.4 is 5.43 Å². The number of carbonyl (C=O) groups excluding carboxylic acids is 1. The molecule has 1 heterocycles. The van der Waals surface area contributed by atoms with E-state index in [1.807, 2.05) is 0 Å². The molecule has 5 heteroatoms. The van der Waals surface area contributed by atoms with Crippen molar-refractivity contribution in [2.75, 3.05) is 0 Å². The van der Waals surface area contributed by atoms with Crippen molar-refractivity contribution in [2.24, 2.45) is 5.10 Å². The molecule has 90 valence electrons. The minimum Gasteiger partial charge on any atom is -0.267 e. The number of halogens is 1. The predicted molar refractivity (Wildman–Crippen MR) is 70.7 cm³/mol. The average molecular weight is 260 g/mol. The second-order valence-electron chi connectivity index (χ2n) is 3.46. The molecule has 2 aromatic rings. The smallest absolute Gasteiger partial charge is 0.267 e. The van der Waals surface area contributed by atoms with Gasteiger partial charge in [0.25, 0.3) is 5.91 Å². The number of hydrazone groups is 1. The molecular weight excluding hydrogens is 250 g/mol. The third-order valence-corrected chi connectivity index (χ3v) is 2.53. The van der Waals surface area contributed by atoms with Crippen molar-refractivity contribution in [2.45, 2.75) is 0 Å². The van der Waals surface area contributed by atoms with Crippen LogP contribution in [-0.4, -0.2) is 17.1 Å². The first-order chi connectivity index (χ1) is 8.77. The molecule has 0 fully saturated rings. The topological polar surface area (TPSA) is 54.4 Å². The van der Waals surface area contributed by atoms with E-state index in [-0.39, 0.29) is 5.91 Å². The van der Waals surface area contributed by atoms with E-state index in [2.05, 4.69) is 15.5 Å². The minimum atomic E-state index is -0.342. The second kappa shape index (κ2) is 5.93. The first kappa shape index (κ1) is 12.3. The highest BCUT2D eigenvalue weighted by Crippen LogP contribution is 2.14. The minimum absolute atomic E-state index is 0.342. The molecule has 0 radical (unpaired) electrons. The van der Waals surface area contributed by atoms with E-state index in [1.54, 1.807) is 48.8 Å². The van der Waals surface area contributed by atoms with Gasteiger partial charge < -0.3 is 0 Å². The Balaban J connectivity index is 2.01. The number of carbonyl (C=O) groups is 1. The van der Waals surface area contributed by atoms with Gasteiger partial charge in [-0.05, 0) is 29.8 Å². The molecule has 0 bridgehead atoms. The zero-order chi connectivity index (χ0) is 12.8. The zero-order valence-corrected chi connectivity index (χ0v) is 10.1. The zero-order valence-electron chi connectivity index (χ0n) is 9.38. The van der Waals surface area contributed by atoms with Crippen LogP contribution in [0.15, 0.2) is 53.9 Å². The lowest BCUT2D eigenvalue weighted by Crippen LogP contribution is -2.17. The van der Waals surface area contributed by atoms with Gasteiger partial charge in [-0.25, -0.2) is 5.43 Å². The van der Waals surface area contributed by atoms with Gasteiger partial charge >= 0.3 is 0 Å². The summed E-state index contributed by atoms with van der Waals surface area (Å²) in [5.74, 6) is -0.342. The van der Waals surface area contributed by atoms with Gasteiger partial charge in [0, 0.05) is 12.4 Å². The first-order valence-corrected chi connectivity index (χ1v) is 5.63. The van der Waals surface area contributed by atoms with Crippen LogP contribution in [0, 0.1) is 0 Å². The van der Waals surface area contributed by atoms with Gasteiger partial charge in [-0.1, -0.05) is 23.7 Å². The van der Waals surface area contributed by atoms with E-state index in [9.17, 15) is 4.79 Å². The molecule has 0 aliphatic rings. The molecular formula is C13H10ClN3O. The third-order valence-electron chi connectivity index (χ3n) is 2.20. The maximum absolute atomic E-state index is 11.7. The van der Waals surface area contributed by atoms with Crippen LogP contribution in [-0.2, 0) is 0 Å².